The smallest absolute Gasteiger partial charge is 0.248 e. The Balaban J connectivity index is 1.91. The lowest BCUT2D eigenvalue weighted by Gasteiger charge is -2.28. The normalized spacial score (nSPS) is 33.4. The second-order valence-electron chi connectivity index (χ2n) is 6.18. The van der Waals surface area contributed by atoms with Gasteiger partial charge in [0.15, 0.2) is 0 Å². The molecule has 2 fully saturated rings. The molecule has 1 unspecified atom stereocenters. The van der Waals surface area contributed by atoms with E-state index in [1.54, 1.807) is 10.4 Å². The Morgan fingerprint density at radius 2 is 2.10 bits per heavy atom. The Morgan fingerprint density at radius 1 is 1.24 bits per heavy atom. The molecule has 3 aliphatic heterocycles. The Bertz CT molecular complexity index is 673. The molecule has 4 rings (SSSR count). The van der Waals surface area contributed by atoms with Gasteiger partial charge in [0.05, 0.1) is 12.2 Å². The van der Waals surface area contributed by atoms with Crippen LogP contribution in [0.25, 0.3) is 0 Å². The second kappa shape index (κ2) is 4.61. The van der Waals surface area contributed by atoms with Crippen LogP contribution in [0.1, 0.15) is 26.2 Å². The summed E-state index contributed by atoms with van der Waals surface area (Å²) in [5.74, 6) is 0.527. The molecule has 114 valence electrons. The molecule has 0 aromatic heterocycles. The fourth-order valence-corrected chi connectivity index (χ4v) is 5.48. The van der Waals surface area contributed by atoms with Gasteiger partial charge in [-0.1, -0.05) is 6.07 Å². The zero-order valence-corrected chi connectivity index (χ0v) is 13.0. The monoisotopic (exact) mass is 308 g/mol. The third-order valence-corrected chi connectivity index (χ3v) is 6.76. The average molecular weight is 308 g/mol. The maximum absolute atomic E-state index is 13.0. The topological polar surface area (TPSA) is 49.9 Å². The third kappa shape index (κ3) is 1.96. The van der Waals surface area contributed by atoms with Gasteiger partial charge in [-0.15, -0.1) is 0 Å². The molecular weight excluding hydrogens is 288 g/mol. The molecule has 0 spiro atoms. The van der Waals surface area contributed by atoms with Crippen molar-refractivity contribution in [2.45, 2.75) is 43.2 Å². The van der Waals surface area contributed by atoms with Crippen molar-refractivity contribution in [1.29, 1.82) is 0 Å². The fraction of sp³-hybridized carbons (Fsp3) is 0.600. The molecule has 1 aromatic carbocycles. The summed E-state index contributed by atoms with van der Waals surface area (Å²) in [5.41, 5.74) is 0.810. The Labute approximate surface area is 125 Å². The summed E-state index contributed by atoms with van der Waals surface area (Å²) in [6.07, 6.45) is 2.99. The molecule has 1 aromatic rings. The first kappa shape index (κ1) is 13.4. The van der Waals surface area contributed by atoms with Crippen LogP contribution in [0, 0.1) is 0 Å². The van der Waals surface area contributed by atoms with Crippen molar-refractivity contribution in [3.63, 3.8) is 0 Å². The zero-order valence-electron chi connectivity index (χ0n) is 12.2. The molecule has 0 radical (unpaired) electrons. The van der Waals surface area contributed by atoms with E-state index < -0.39 is 10.0 Å². The first-order chi connectivity index (χ1) is 10.1. The molecular formula is C15H20N2O3S. The maximum Gasteiger partial charge on any atom is 0.248 e. The van der Waals surface area contributed by atoms with Gasteiger partial charge in [-0.3, -0.25) is 0 Å². The maximum atomic E-state index is 13.0. The van der Waals surface area contributed by atoms with E-state index >= 15 is 0 Å². The molecule has 21 heavy (non-hydrogen) atoms. The predicted molar refractivity (Wildman–Crippen MR) is 80.3 cm³/mol. The number of hydrogen-bond donors (Lipinski definition) is 0. The summed E-state index contributed by atoms with van der Waals surface area (Å²) < 4.78 is 33.5. The van der Waals surface area contributed by atoms with Crippen LogP contribution in [0.2, 0.25) is 0 Å². The van der Waals surface area contributed by atoms with Crippen molar-refractivity contribution >= 4 is 15.7 Å². The minimum Gasteiger partial charge on any atom is -0.487 e. The van der Waals surface area contributed by atoms with Gasteiger partial charge in [0, 0.05) is 19.1 Å². The van der Waals surface area contributed by atoms with E-state index in [0.29, 0.717) is 29.8 Å². The number of fused-ring (bicyclic) bond motifs is 3. The molecule has 0 saturated carbocycles. The van der Waals surface area contributed by atoms with Crippen LogP contribution in [0.3, 0.4) is 0 Å². The largest absolute Gasteiger partial charge is 0.487 e. The Hall–Kier alpha value is -1.27. The van der Waals surface area contributed by atoms with E-state index in [-0.39, 0.29) is 6.10 Å². The van der Waals surface area contributed by atoms with Crippen molar-refractivity contribution in [3.8, 4) is 5.75 Å². The number of rotatable bonds is 1. The van der Waals surface area contributed by atoms with Crippen molar-refractivity contribution < 1.29 is 13.2 Å². The quantitative estimate of drug-likeness (QED) is 0.794. The molecule has 2 bridgehead atoms. The first-order valence-corrected chi connectivity index (χ1v) is 9.08. The molecule has 5 nitrogen and oxygen atoms in total. The van der Waals surface area contributed by atoms with Gasteiger partial charge < -0.3 is 9.64 Å². The van der Waals surface area contributed by atoms with Gasteiger partial charge in [0.2, 0.25) is 10.0 Å². The summed E-state index contributed by atoms with van der Waals surface area (Å²) >= 11 is 0. The van der Waals surface area contributed by atoms with E-state index in [4.69, 9.17) is 4.74 Å². The van der Waals surface area contributed by atoms with Crippen LogP contribution < -0.4 is 9.64 Å². The number of hydrogen-bond acceptors (Lipinski definition) is 4. The highest BCUT2D eigenvalue weighted by atomic mass is 32.2. The molecule has 0 amide bonds. The van der Waals surface area contributed by atoms with Crippen LogP contribution in [0.15, 0.2) is 23.1 Å². The molecule has 3 atom stereocenters. The number of benzene rings is 1. The summed E-state index contributed by atoms with van der Waals surface area (Å²) in [5, 5.41) is 0. The summed E-state index contributed by atoms with van der Waals surface area (Å²) in [6, 6.07) is 5.99. The summed E-state index contributed by atoms with van der Waals surface area (Å²) in [6.45, 7) is 4.11. The predicted octanol–water partition coefficient (Wildman–Crippen LogP) is 1.83. The standard InChI is InChI=1S/C15H20N2O3S/c1-11-4-3-8-17(11)13-5-2-6-14-15(13)21(18,19)16-9-7-12(10-16)20-14/h2,5-6,11-12H,3-4,7-10H2,1H3/t11-,12-/m0/s1. The molecule has 6 heteroatoms. The highest BCUT2D eigenvalue weighted by Crippen LogP contribution is 2.42. The summed E-state index contributed by atoms with van der Waals surface area (Å²) in [4.78, 5) is 2.58. The highest BCUT2D eigenvalue weighted by molar-refractivity contribution is 7.89. The lowest BCUT2D eigenvalue weighted by molar-refractivity contribution is 0.215. The van der Waals surface area contributed by atoms with Crippen molar-refractivity contribution in [2.75, 3.05) is 24.5 Å². The lowest BCUT2D eigenvalue weighted by atomic mass is 10.2. The van der Waals surface area contributed by atoms with Gasteiger partial charge in [-0.2, -0.15) is 4.31 Å². The van der Waals surface area contributed by atoms with Crippen LogP contribution >= 0.6 is 0 Å². The van der Waals surface area contributed by atoms with Crippen molar-refractivity contribution in [2.24, 2.45) is 0 Å². The van der Waals surface area contributed by atoms with E-state index in [2.05, 4.69) is 11.8 Å². The lowest BCUT2D eigenvalue weighted by Crippen LogP contribution is -2.32. The van der Waals surface area contributed by atoms with Gasteiger partial charge in [-0.25, -0.2) is 8.42 Å². The van der Waals surface area contributed by atoms with Crippen LogP contribution in [0.5, 0.6) is 5.75 Å². The van der Waals surface area contributed by atoms with Crippen LogP contribution in [-0.2, 0) is 10.0 Å². The van der Waals surface area contributed by atoms with Gasteiger partial charge >= 0.3 is 0 Å². The van der Waals surface area contributed by atoms with E-state index in [9.17, 15) is 8.42 Å². The number of nitrogens with zero attached hydrogens (tertiary/aromatic N) is 2. The van der Waals surface area contributed by atoms with E-state index in [1.807, 2.05) is 12.1 Å². The molecule has 0 N–H and O–H groups in total. The van der Waals surface area contributed by atoms with E-state index in [1.165, 1.54) is 0 Å². The van der Waals surface area contributed by atoms with Crippen LogP contribution in [-0.4, -0.2) is 44.5 Å². The average Bonchev–Trinajstić information content (AvgIpc) is 3.05. The highest BCUT2D eigenvalue weighted by Gasteiger charge is 2.42. The Morgan fingerprint density at radius 3 is 2.86 bits per heavy atom. The number of sulfonamides is 1. The fourth-order valence-electron chi connectivity index (χ4n) is 3.69. The van der Waals surface area contributed by atoms with Crippen molar-refractivity contribution in [1.82, 2.24) is 4.31 Å². The number of ether oxygens (including phenoxy) is 1. The molecule has 3 heterocycles. The minimum absolute atomic E-state index is 0.00715. The second-order valence-corrected chi connectivity index (χ2v) is 8.06. The first-order valence-electron chi connectivity index (χ1n) is 7.64. The van der Waals surface area contributed by atoms with Crippen molar-refractivity contribution in [3.05, 3.63) is 18.2 Å². The summed E-state index contributed by atoms with van der Waals surface area (Å²) in [7, 11) is -3.45. The van der Waals surface area contributed by atoms with Gasteiger partial charge in [0.25, 0.3) is 0 Å². The van der Waals surface area contributed by atoms with E-state index in [0.717, 1.165) is 31.5 Å². The number of anilines is 1. The minimum atomic E-state index is -3.45. The molecule has 2 saturated heterocycles. The molecule has 0 aliphatic carbocycles. The third-order valence-electron chi connectivity index (χ3n) is 4.82. The van der Waals surface area contributed by atoms with Crippen LogP contribution in [0.4, 0.5) is 5.69 Å². The zero-order chi connectivity index (χ0) is 14.6. The van der Waals surface area contributed by atoms with Gasteiger partial charge in [0.1, 0.15) is 16.7 Å². The van der Waals surface area contributed by atoms with Gasteiger partial charge in [-0.05, 0) is 38.3 Å². The Kier molecular flexibility index (Phi) is 2.94. The molecule has 3 aliphatic rings. The SMILES string of the molecule is C[C@H]1CCCN1c1cccc2c1S(=O)(=O)N1CC[C@@H](C1)O2.